The molecule has 3 aromatic rings. The van der Waals surface area contributed by atoms with Gasteiger partial charge in [-0.1, -0.05) is 44.7 Å². The Bertz CT molecular complexity index is 2130. The highest BCUT2D eigenvalue weighted by atomic mass is 19.4. The normalized spacial score (nSPS) is 19.9. The first-order valence-corrected chi connectivity index (χ1v) is 20.0. The number of carbonyl (C=O) groups excluding carboxylic acids is 4. The van der Waals surface area contributed by atoms with Gasteiger partial charge in [0.05, 0.1) is 6.54 Å². The van der Waals surface area contributed by atoms with Crippen LogP contribution in [0.2, 0.25) is 0 Å². The first kappa shape index (κ1) is 40.7. The van der Waals surface area contributed by atoms with Gasteiger partial charge in [-0.05, 0) is 85.9 Å². The number of carbonyl (C=O) groups is 4. The summed E-state index contributed by atoms with van der Waals surface area (Å²) in [6.07, 6.45) is -0.157. The predicted molar refractivity (Wildman–Crippen MR) is 210 cm³/mol. The summed E-state index contributed by atoms with van der Waals surface area (Å²) in [5.41, 5.74) is 2.36. The van der Waals surface area contributed by atoms with Crippen molar-refractivity contribution in [1.82, 2.24) is 34.9 Å². The number of hydrogen-bond acceptors (Lipinski definition) is 8. The van der Waals surface area contributed by atoms with Crippen molar-refractivity contribution in [2.75, 3.05) is 32.7 Å². The van der Waals surface area contributed by atoms with E-state index in [0.717, 1.165) is 35.9 Å². The van der Waals surface area contributed by atoms with E-state index < -0.39 is 29.4 Å². The van der Waals surface area contributed by atoms with Crippen LogP contribution in [0.3, 0.4) is 0 Å². The molecular formula is C43H49F3N8O4. The highest BCUT2D eigenvalue weighted by Crippen LogP contribution is 2.32. The van der Waals surface area contributed by atoms with Crippen LogP contribution >= 0.6 is 0 Å². The minimum Gasteiger partial charge on any atom is -0.359 e. The molecule has 1 aromatic heterocycles. The smallest absolute Gasteiger partial charge is 0.359 e. The Morgan fingerprint density at radius 2 is 1.52 bits per heavy atom. The van der Waals surface area contributed by atoms with Crippen molar-refractivity contribution in [2.24, 2.45) is 16.4 Å². The molecule has 5 heterocycles. The highest BCUT2D eigenvalue weighted by Gasteiger charge is 2.42. The summed E-state index contributed by atoms with van der Waals surface area (Å²) < 4.78 is 40.9. The summed E-state index contributed by atoms with van der Waals surface area (Å²) in [7, 11) is 0. The maximum Gasteiger partial charge on any atom is 0.453 e. The summed E-state index contributed by atoms with van der Waals surface area (Å²) in [6.45, 7) is 10.1. The molecule has 1 N–H and O–H groups in total. The number of likely N-dealkylation sites (tertiary alicyclic amines) is 3. The van der Waals surface area contributed by atoms with Gasteiger partial charge in [0.15, 0.2) is 11.6 Å². The summed E-state index contributed by atoms with van der Waals surface area (Å²) in [6, 6.07) is 13.7. The number of fused-ring (bicyclic) bond motifs is 1. The van der Waals surface area contributed by atoms with Gasteiger partial charge in [0, 0.05) is 74.1 Å². The third-order valence-corrected chi connectivity index (χ3v) is 11.7. The largest absolute Gasteiger partial charge is 0.453 e. The Morgan fingerprint density at radius 1 is 0.862 bits per heavy atom. The van der Waals surface area contributed by atoms with E-state index in [9.17, 15) is 32.3 Å². The second-order valence-corrected chi connectivity index (χ2v) is 16.9. The number of ketones is 1. The quantitative estimate of drug-likeness (QED) is 0.336. The molecule has 0 saturated carbocycles. The van der Waals surface area contributed by atoms with Gasteiger partial charge in [-0.25, -0.2) is 0 Å². The number of alkyl halides is 3. The van der Waals surface area contributed by atoms with Crippen LogP contribution in [0.1, 0.15) is 116 Å². The highest BCUT2D eigenvalue weighted by molar-refractivity contribution is 6.00. The second kappa shape index (κ2) is 16.4. The molecule has 0 spiro atoms. The van der Waals surface area contributed by atoms with Crippen LogP contribution in [0.15, 0.2) is 53.6 Å². The Labute approximate surface area is 336 Å². The fourth-order valence-electron chi connectivity index (χ4n) is 8.20. The fourth-order valence-corrected chi connectivity index (χ4v) is 8.20. The fraction of sp³-hybridized carbons (Fsp3) is 0.512. The summed E-state index contributed by atoms with van der Waals surface area (Å²) in [4.78, 5) is 57.4. The summed E-state index contributed by atoms with van der Waals surface area (Å²) >= 11 is 0. The van der Waals surface area contributed by atoms with E-state index in [4.69, 9.17) is 0 Å². The molecule has 2 aromatic carbocycles. The van der Waals surface area contributed by atoms with E-state index in [1.807, 2.05) is 44.7 Å². The molecule has 3 saturated heterocycles. The number of amidine groups is 1. The number of amides is 3. The van der Waals surface area contributed by atoms with Crippen LogP contribution < -0.4 is 5.32 Å². The molecule has 306 valence electrons. The molecule has 0 aliphatic carbocycles. The lowest BCUT2D eigenvalue weighted by atomic mass is 9.85. The number of Topliss-reactive ketones (excluding diaryl/α,β-unsaturated/α-hetero) is 1. The zero-order valence-corrected chi connectivity index (χ0v) is 33.3. The van der Waals surface area contributed by atoms with Gasteiger partial charge in [0.1, 0.15) is 11.9 Å². The topological polar surface area (TPSA) is 133 Å². The average Bonchev–Trinajstić information content (AvgIpc) is 3.80. The van der Waals surface area contributed by atoms with Crippen LogP contribution in [-0.4, -0.2) is 104 Å². The molecular weight excluding hydrogens is 750 g/mol. The van der Waals surface area contributed by atoms with Crippen molar-refractivity contribution in [1.29, 1.82) is 0 Å². The molecule has 4 aliphatic rings. The number of nitrogens with one attached hydrogen (secondary N) is 1. The van der Waals surface area contributed by atoms with Gasteiger partial charge in [-0.2, -0.15) is 22.9 Å². The molecule has 0 radical (unpaired) electrons. The van der Waals surface area contributed by atoms with Crippen molar-refractivity contribution in [3.05, 3.63) is 82.4 Å². The molecule has 3 fully saturated rings. The Kier molecular flexibility index (Phi) is 11.5. The third kappa shape index (κ3) is 8.95. The number of benzene rings is 2. The van der Waals surface area contributed by atoms with Gasteiger partial charge < -0.3 is 20.0 Å². The molecule has 15 heteroatoms. The van der Waals surface area contributed by atoms with Gasteiger partial charge in [0.2, 0.25) is 5.91 Å². The minimum absolute atomic E-state index is 0.00661. The van der Waals surface area contributed by atoms with E-state index in [2.05, 4.69) is 49.5 Å². The maximum atomic E-state index is 13.4. The van der Waals surface area contributed by atoms with Crippen molar-refractivity contribution in [3.8, 4) is 11.8 Å². The van der Waals surface area contributed by atoms with Crippen molar-refractivity contribution in [3.63, 3.8) is 0 Å². The minimum atomic E-state index is -4.61. The standard InChI is InChI=1S/C43H49F3N8O4/c1-27-25-34(55)26-53(27)40(58)37(42(2,3)4)47-38(56)32-11-13-33(14-12-32)39(57)52-21-17-29(18-22-52)6-5-28-7-9-30(10-8-28)31-19-23-51(24-20-31)36-16-15-35-48-49-41(43(44,45)46)54(35)50-36/h7-14,27,29,31,37H,15-26H2,1-4H3,(H,47,56). The van der Waals surface area contributed by atoms with E-state index >= 15 is 0 Å². The van der Waals surface area contributed by atoms with Crippen LogP contribution in [0, 0.1) is 23.2 Å². The van der Waals surface area contributed by atoms with Crippen molar-refractivity contribution >= 4 is 29.3 Å². The lowest BCUT2D eigenvalue weighted by Gasteiger charge is -2.35. The lowest BCUT2D eigenvalue weighted by Crippen LogP contribution is -2.55. The lowest BCUT2D eigenvalue weighted by molar-refractivity contribution is -0.147. The number of aryl methyl sites for hydroxylation is 1. The number of aromatic nitrogens is 3. The Hall–Kier alpha value is -5.52. The number of piperidine rings is 2. The van der Waals surface area contributed by atoms with Crippen molar-refractivity contribution < 1.29 is 32.3 Å². The molecule has 3 amide bonds. The van der Waals surface area contributed by atoms with Gasteiger partial charge in [-0.15, -0.1) is 10.2 Å². The van der Waals surface area contributed by atoms with Gasteiger partial charge in [0.25, 0.3) is 17.6 Å². The predicted octanol–water partition coefficient (Wildman–Crippen LogP) is 5.52. The molecule has 2 atom stereocenters. The molecule has 58 heavy (non-hydrogen) atoms. The van der Waals surface area contributed by atoms with Crippen molar-refractivity contribution in [2.45, 2.75) is 96.8 Å². The van der Waals surface area contributed by atoms with E-state index in [1.54, 1.807) is 24.3 Å². The van der Waals surface area contributed by atoms with E-state index in [1.165, 1.54) is 10.5 Å². The first-order chi connectivity index (χ1) is 27.5. The molecule has 4 aliphatic heterocycles. The zero-order chi connectivity index (χ0) is 41.4. The SMILES string of the molecule is CC1CC(=O)CN1C(=O)C(NC(=O)c1ccc(C(=O)N2CCC(C#Cc3ccc(C4CCN(C5=Nn6c(nnc6C(F)(F)F)CC5)CC4)cc3)CC2)cc1)C(C)(C)C. The van der Waals surface area contributed by atoms with Gasteiger partial charge >= 0.3 is 6.18 Å². The van der Waals surface area contributed by atoms with Gasteiger partial charge in [-0.3, -0.25) is 19.2 Å². The van der Waals surface area contributed by atoms with E-state index in [-0.39, 0.29) is 41.9 Å². The molecule has 0 bridgehead atoms. The Balaban J connectivity index is 0.871. The van der Waals surface area contributed by atoms with E-state index in [0.29, 0.717) is 68.3 Å². The zero-order valence-electron chi connectivity index (χ0n) is 33.3. The maximum absolute atomic E-state index is 13.4. The van der Waals surface area contributed by atoms with Crippen LogP contribution in [0.5, 0.6) is 0 Å². The number of nitrogens with zero attached hydrogens (tertiary/aromatic N) is 7. The molecule has 2 unspecified atom stereocenters. The number of rotatable bonds is 5. The monoisotopic (exact) mass is 798 g/mol. The molecule has 12 nitrogen and oxygen atoms in total. The Morgan fingerprint density at radius 3 is 2.12 bits per heavy atom. The first-order valence-electron chi connectivity index (χ1n) is 20.0. The molecule has 7 rings (SSSR count). The number of halogens is 3. The number of hydrogen-bond donors (Lipinski definition) is 1. The van der Waals surface area contributed by atoms with Crippen LogP contribution in [0.4, 0.5) is 13.2 Å². The summed E-state index contributed by atoms with van der Waals surface area (Å²) in [5, 5.41) is 14.1. The van der Waals surface area contributed by atoms with Crippen LogP contribution in [-0.2, 0) is 22.2 Å². The van der Waals surface area contributed by atoms with Crippen LogP contribution in [0.25, 0.3) is 0 Å². The summed E-state index contributed by atoms with van der Waals surface area (Å²) in [5.74, 6) is 6.18. The average molecular weight is 799 g/mol. The second-order valence-electron chi connectivity index (χ2n) is 16.9. The third-order valence-electron chi connectivity index (χ3n) is 11.7.